The van der Waals surface area contributed by atoms with E-state index in [0.29, 0.717) is 23.7 Å². The molecule has 6 heteroatoms. The van der Waals surface area contributed by atoms with Gasteiger partial charge in [-0.2, -0.15) is 0 Å². The highest BCUT2D eigenvalue weighted by Gasteiger charge is 2.23. The van der Waals surface area contributed by atoms with Crippen LogP contribution in [0, 0.1) is 11.7 Å². The molecule has 1 aromatic carbocycles. The van der Waals surface area contributed by atoms with Gasteiger partial charge in [-0.05, 0) is 73.8 Å². The van der Waals surface area contributed by atoms with Crippen LogP contribution in [0.4, 0.5) is 14.5 Å². The number of hydrogen-bond donors (Lipinski definition) is 2. The third-order valence-corrected chi connectivity index (χ3v) is 6.28. The van der Waals surface area contributed by atoms with Gasteiger partial charge in [0.1, 0.15) is 11.6 Å². The number of carbonyl (C=O) groups excluding carboxylic acids is 1. The second-order valence-corrected chi connectivity index (χ2v) is 8.73. The Labute approximate surface area is 188 Å². The Kier molecular flexibility index (Phi) is 6.42. The third kappa shape index (κ3) is 4.75. The molecule has 2 N–H and O–H groups in total. The van der Waals surface area contributed by atoms with Gasteiger partial charge in [0.05, 0.1) is 5.56 Å². The lowest BCUT2D eigenvalue weighted by Crippen LogP contribution is -2.49. The number of anilines is 1. The van der Waals surface area contributed by atoms with E-state index in [0.717, 1.165) is 42.9 Å². The smallest absolute Gasteiger partial charge is 0.258 e. The second-order valence-electron chi connectivity index (χ2n) is 8.73. The molecule has 1 aliphatic heterocycles. The largest absolute Gasteiger partial charge is 0.369 e. The molecule has 1 aromatic rings. The summed E-state index contributed by atoms with van der Waals surface area (Å²) in [6, 6.07) is 4.97. The molecule has 0 spiro atoms. The van der Waals surface area contributed by atoms with Crippen LogP contribution in [0.15, 0.2) is 77.3 Å². The monoisotopic (exact) mass is 437 g/mol. The fourth-order valence-electron chi connectivity index (χ4n) is 4.43. The van der Waals surface area contributed by atoms with E-state index in [1.165, 1.54) is 18.2 Å². The average Bonchev–Trinajstić information content (AvgIpc) is 2.74. The number of fused-ring (bicyclic) bond motifs is 1. The number of nitrogens with zero attached hydrogens (tertiary/aromatic N) is 1. The van der Waals surface area contributed by atoms with E-state index in [1.54, 1.807) is 18.2 Å². The van der Waals surface area contributed by atoms with E-state index in [-0.39, 0.29) is 11.5 Å². The van der Waals surface area contributed by atoms with E-state index in [1.807, 2.05) is 13.0 Å². The topological polar surface area (TPSA) is 44.4 Å². The zero-order chi connectivity index (χ0) is 22.8. The molecule has 4 nitrogen and oxygen atoms in total. The molecule has 1 amide bonds. The number of carbonyl (C=O) groups is 1. The summed E-state index contributed by atoms with van der Waals surface area (Å²) in [5.74, 6) is -1.60. The van der Waals surface area contributed by atoms with E-state index in [2.05, 4.69) is 29.0 Å². The quantitative estimate of drug-likeness (QED) is 0.704. The van der Waals surface area contributed by atoms with Gasteiger partial charge in [0.15, 0.2) is 0 Å². The van der Waals surface area contributed by atoms with Gasteiger partial charge in [0, 0.05) is 43.0 Å². The van der Waals surface area contributed by atoms with Gasteiger partial charge < -0.3 is 15.5 Å². The summed E-state index contributed by atoms with van der Waals surface area (Å²) in [5, 5.41) is 6.03. The van der Waals surface area contributed by atoms with E-state index in [9.17, 15) is 13.6 Å². The summed E-state index contributed by atoms with van der Waals surface area (Å²) < 4.78 is 29.8. The summed E-state index contributed by atoms with van der Waals surface area (Å²) in [6.07, 6.45) is 8.30. The second kappa shape index (κ2) is 9.25. The molecule has 0 radical (unpaired) electrons. The molecule has 2 unspecified atom stereocenters. The van der Waals surface area contributed by atoms with E-state index >= 15 is 0 Å². The highest BCUT2D eigenvalue weighted by atomic mass is 19.1. The Hall–Kier alpha value is -2.99. The molecule has 0 bridgehead atoms. The standard InChI is InChI=1S/C26H29F2N3O/c1-16-11-19-5-4-6-20(13-24(27)23(19)12-17(16)2)30-26(32)22-8-7-21(14-25(22)28)31-10-9-29-18(3)15-31/h6-8,11-14,18-19,29H,2,4-5,9-10,15H2,1,3H3,(H,30,32). The Morgan fingerprint density at radius 1 is 1.28 bits per heavy atom. The Morgan fingerprint density at radius 2 is 2.09 bits per heavy atom. The number of benzene rings is 1. The normalized spacial score (nSPS) is 23.8. The first-order valence-electron chi connectivity index (χ1n) is 11.1. The molecular formula is C26H29F2N3O. The predicted octanol–water partition coefficient (Wildman–Crippen LogP) is 4.94. The first-order valence-corrected chi connectivity index (χ1v) is 11.1. The molecule has 32 heavy (non-hydrogen) atoms. The van der Waals surface area contributed by atoms with Gasteiger partial charge in [-0.15, -0.1) is 0 Å². The van der Waals surface area contributed by atoms with Crippen LogP contribution in [0.25, 0.3) is 0 Å². The summed E-state index contributed by atoms with van der Waals surface area (Å²) in [7, 11) is 0. The summed E-state index contributed by atoms with van der Waals surface area (Å²) in [6.45, 7) is 10.4. The van der Waals surface area contributed by atoms with Gasteiger partial charge in [-0.25, -0.2) is 8.78 Å². The molecule has 3 aliphatic rings. The fourth-order valence-corrected chi connectivity index (χ4v) is 4.43. The van der Waals surface area contributed by atoms with Crippen molar-refractivity contribution in [3.63, 3.8) is 0 Å². The van der Waals surface area contributed by atoms with Gasteiger partial charge in [-0.3, -0.25) is 4.79 Å². The van der Waals surface area contributed by atoms with E-state index in [4.69, 9.17) is 0 Å². The molecule has 2 atom stereocenters. The maximum atomic E-state index is 15.0. The number of halogens is 2. The average molecular weight is 438 g/mol. The number of rotatable bonds is 3. The minimum atomic E-state index is -0.590. The van der Waals surface area contributed by atoms with Crippen molar-refractivity contribution in [2.24, 2.45) is 5.92 Å². The lowest BCUT2D eigenvalue weighted by Gasteiger charge is -2.33. The Balaban J connectivity index is 1.49. The summed E-state index contributed by atoms with van der Waals surface area (Å²) in [4.78, 5) is 14.8. The molecule has 1 heterocycles. The van der Waals surface area contributed by atoms with Crippen LogP contribution in [0.2, 0.25) is 0 Å². The van der Waals surface area contributed by atoms with Crippen molar-refractivity contribution < 1.29 is 13.6 Å². The van der Waals surface area contributed by atoms with Crippen LogP contribution in [-0.4, -0.2) is 31.6 Å². The van der Waals surface area contributed by atoms with Crippen molar-refractivity contribution in [1.82, 2.24) is 10.6 Å². The molecular weight excluding hydrogens is 408 g/mol. The highest BCUT2D eigenvalue weighted by Crippen LogP contribution is 2.36. The van der Waals surface area contributed by atoms with Gasteiger partial charge in [0.2, 0.25) is 0 Å². The number of allylic oxidation sites excluding steroid dienone is 8. The van der Waals surface area contributed by atoms with E-state index < -0.39 is 17.6 Å². The van der Waals surface area contributed by atoms with Gasteiger partial charge in [-0.1, -0.05) is 18.7 Å². The summed E-state index contributed by atoms with van der Waals surface area (Å²) in [5.41, 5.74) is 3.44. The third-order valence-electron chi connectivity index (χ3n) is 6.28. The van der Waals surface area contributed by atoms with Crippen molar-refractivity contribution >= 4 is 11.6 Å². The molecule has 168 valence electrons. The van der Waals surface area contributed by atoms with Crippen LogP contribution in [0.3, 0.4) is 0 Å². The number of piperazine rings is 1. The molecule has 4 rings (SSSR count). The number of hydrogen-bond acceptors (Lipinski definition) is 3. The van der Waals surface area contributed by atoms with Crippen LogP contribution in [-0.2, 0) is 0 Å². The van der Waals surface area contributed by atoms with Crippen molar-refractivity contribution in [1.29, 1.82) is 0 Å². The van der Waals surface area contributed by atoms with Crippen molar-refractivity contribution in [3.05, 3.63) is 88.7 Å². The van der Waals surface area contributed by atoms with Crippen molar-refractivity contribution in [2.45, 2.75) is 32.7 Å². The fraction of sp³-hybridized carbons (Fsp3) is 0.346. The lowest BCUT2D eigenvalue weighted by atomic mass is 9.83. The zero-order valence-electron chi connectivity index (χ0n) is 18.6. The van der Waals surface area contributed by atoms with Gasteiger partial charge >= 0.3 is 0 Å². The Morgan fingerprint density at radius 3 is 2.84 bits per heavy atom. The zero-order valence-corrected chi connectivity index (χ0v) is 18.6. The minimum Gasteiger partial charge on any atom is -0.369 e. The highest BCUT2D eigenvalue weighted by molar-refractivity contribution is 5.96. The van der Waals surface area contributed by atoms with Crippen molar-refractivity contribution in [3.8, 4) is 0 Å². The lowest BCUT2D eigenvalue weighted by molar-refractivity contribution is 0.0963. The molecule has 1 fully saturated rings. The molecule has 1 saturated heterocycles. The molecule has 0 saturated carbocycles. The first-order chi connectivity index (χ1) is 15.3. The van der Waals surface area contributed by atoms with Crippen LogP contribution in [0.5, 0.6) is 0 Å². The molecule has 2 aliphatic carbocycles. The first kappa shape index (κ1) is 22.2. The van der Waals surface area contributed by atoms with Crippen LogP contribution >= 0.6 is 0 Å². The van der Waals surface area contributed by atoms with Crippen molar-refractivity contribution in [2.75, 3.05) is 24.5 Å². The maximum absolute atomic E-state index is 15.0. The maximum Gasteiger partial charge on any atom is 0.258 e. The number of nitrogens with one attached hydrogen (secondary N) is 2. The van der Waals surface area contributed by atoms with Crippen LogP contribution in [0.1, 0.15) is 37.0 Å². The Bertz CT molecular complexity index is 1070. The summed E-state index contributed by atoms with van der Waals surface area (Å²) >= 11 is 0. The predicted molar refractivity (Wildman–Crippen MR) is 125 cm³/mol. The number of amides is 1. The molecule has 0 aromatic heterocycles. The SMILES string of the molecule is C=C1C=C2C(F)=CC(NC(=O)c3ccc(N4CCNC(C)C4)cc3F)=CCCC2C=C1C. The minimum absolute atomic E-state index is 0.0112. The van der Waals surface area contributed by atoms with Crippen LogP contribution < -0.4 is 15.5 Å². The van der Waals surface area contributed by atoms with Gasteiger partial charge in [0.25, 0.3) is 5.91 Å².